The Morgan fingerprint density at radius 3 is 2.63 bits per heavy atom. The lowest BCUT2D eigenvalue weighted by Crippen LogP contribution is -2.08. The molecule has 30 heavy (non-hydrogen) atoms. The Balaban J connectivity index is 1.47. The van der Waals surface area contributed by atoms with Crippen LogP contribution in [0.3, 0.4) is 0 Å². The second-order valence-electron chi connectivity index (χ2n) is 7.94. The first-order valence-electron chi connectivity index (χ1n) is 11.1. The van der Waals surface area contributed by atoms with Gasteiger partial charge in [-0.2, -0.15) is 0 Å². The molecule has 0 bridgehead atoms. The first-order chi connectivity index (χ1) is 14.7. The summed E-state index contributed by atoms with van der Waals surface area (Å²) in [4.78, 5) is 4.54. The number of pyridine rings is 1. The number of ether oxygens (including phenoxy) is 1. The van der Waals surface area contributed by atoms with Gasteiger partial charge in [-0.3, -0.25) is 4.98 Å². The number of fused-ring (bicyclic) bond motifs is 1. The van der Waals surface area contributed by atoms with Crippen LogP contribution in [0.2, 0.25) is 0 Å². The molecule has 1 N–H and O–H groups in total. The fourth-order valence-corrected chi connectivity index (χ4v) is 3.51. The van der Waals surface area contributed by atoms with Crippen LogP contribution in [-0.2, 0) is 4.74 Å². The molecule has 3 rings (SSSR count). The Labute approximate surface area is 180 Å². The highest BCUT2D eigenvalue weighted by Crippen LogP contribution is 2.25. The molecule has 1 unspecified atom stereocenters. The van der Waals surface area contributed by atoms with Crippen LogP contribution >= 0.6 is 0 Å². The molecule has 0 radical (unpaired) electrons. The summed E-state index contributed by atoms with van der Waals surface area (Å²) < 4.78 is 5.85. The first kappa shape index (κ1) is 22.0. The molecule has 0 aliphatic carbocycles. The topological polar surface area (TPSA) is 42.4 Å². The smallest absolute Gasteiger partial charge is 0.116 e. The molecule has 0 spiro atoms. The van der Waals surface area contributed by atoms with Crippen molar-refractivity contribution in [1.29, 1.82) is 0 Å². The van der Waals surface area contributed by atoms with E-state index in [1.807, 2.05) is 12.3 Å². The van der Waals surface area contributed by atoms with Crippen molar-refractivity contribution in [2.24, 2.45) is 0 Å². The van der Waals surface area contributed by atoms with Gasteiger partial charge in [0.1, 0.15) is 5.75 Å². The first-order valence-corrected chi connectivity index (χ1v) is 11.1. The van der Waals surface area contributed by atoms with Crippen LogP contribution in [0.15, 0.2) is 60.8 Å². The van der Waals surface area contributed by atoms with Gasteiger partial charge in [-0.05, 0) is 61.8 Å². The van der Waals surface area contributed by atoms with Gasteiger partial charge in [-0.15, -0.1) is 0 Å². The number of phenols is 1. The van der Waals surface area contributed by atoms with Gasteiger partial charge in [0, 0.05) is 23.8 Å². The van der Waals surface area contributed by atoms with Gasteiger partial charge in [0.15, 0.2) is 0 Å². The Morgan fingerprint density at radius 1 is 1.00 bits per heavy atom. The van der Waals surface area contributed by atoms with Crippen molar-refractivity contribution in [2.45, 2.75) is 58.5 Å². The minimum absolute atomic E-state index is 0.266. The fourth-order valence-electron chi connectivity index (χ4n) is 3.51. The van der Waals surface area contributed by atoms with E-state index in [0.717, 1.165) is 47.9 Å². The van der Waals surface area contributed by atoms with Crippen LogP contribution in [0, 0.1) is 0 Å². The normalized spacial score (nSPS) is 12.6. The molecule has 0 saturated carbocycles. The molecule has 2 aromatic carbocycles. The lowest BCUT2D eigenvalue weighted by atomic mass is 10.0. The zero-order valence-corrected chi connectivity index (χ0v) is 18.2. The molecule has 0 aliphatic rings. The van der Waals surface area contributed by atoms with Gasteiger partial charge >= 0.3 is 0 Å². The summed E-state index contributed by atoms with van der Waals surface area (Å²) in [5, 5.41) is 11.6. The van der Waals surface area contributed by atoms with E-state index in [9.17, 15) is 5.11 Å². The second-order valence-corrected chi connectivity index (χ2v) is 7.94. The molecular formula is C27H33NO2. The molecule has 1 atom stereocenters. The molecule has 0 fully saturated rings. The maximum Gasteiger partial charge on any atom is 0.116 e. The summed E-state index contributed by atoms with van der Waals surface area (Å²) in [6, 6.07) is 15.9. The van der Waals surface area contributed by atoms with E-state index in [1.165, 1.54) is 24.8 Å². The number of nitrogens with zero attached hydrogens (tertiary/aromatic N) is 1. The largest absolute Gasteiger partial charge is 0.508 e. The van der Waals surface area contributed by atoms with Gasteiger partial charge in [-0.25, -0.2) is 0 Å². The van der Waals surface area contributed by atoms with E-state index in [1.54, 1.807) is 12.1 Å². The van der Waals surface area contributed by atoms with Crippen molar-refractivity contribution in [3.63, 3.8) is 0 Å². The quantitative estimate of drug-likeness (QED) is 0.339. The van der Waals surface area contributed by atoms with Crippen molar-refractivity contribution in [1.82, 2.24) is 4.98 Å². The summed E-state index contributed by atoms with van der Waals surface area (Å²) in [5.41, 5.74) is 3.24. The van der Waals surface area contributed by atoms with Gasteiger partial charge < -0.3 is 9.84 Å². The molecule has 3 aromatic rings. The van der Waals surface area contributed by atoms with Crippen molar-refractivity contribution < 1.29 is 9.84 Å². The highest BCUT2D eigenvalue weighted by molar-refractivity contribution is 5.86. The standard InChI is InChI=1S/C27H33NO2/c1-3-4-8-17-30-21(2)9-6-5-7-10-22-11-13-23(14-12-22)27-19-24-15-16-26(29)18-25(24)20-28-27/h7,10-16,18-21,29H,3-6,8-9,17H2,1-2H3. The molecule has 0 saturated heterocycles. The Hall–Kier alpha value is -2.65. The monoisotopic (exact) mass is 403 g/mol. The predicted molar refractivity (Wildman–Crippen MR) is 127 cm³/mol. The highest BCUT2D eigenvalue weighted by Gasteiger charge is 2.03. The van der Waals surface area contributed by atoms with E-state index in [2.05, 4.69) is 61.3 Å². The number of aromatic hydroxyl groups is 1. The molecule has 3 nitrogen and oxygen atoms in total. The third-order valence-electron chi connectivity index (χ3n) is 5.35. The molecule has 3 heteroatoms. The van der Waals surface area contributed by atoms with Crippen LogP contribution < -0.4 is 0 Å². The van der Waals surface area contributed by atoms with Crippen LogP contribution in [-0.4, -0.2) is 22.8 Å². The maximum absolute atomic E-state index is 9.59. The minimum Gasteiger partial charge on any atom is -0.508 e. The maximum atomic E-state index is 9.59. The zero-order valence-electron chi connectivity index (χ0n) is 18.2. The second kappa shape index (κ2) is 11.5. The van der Waals surface area contributed by atoms with E-state index in [4.69, 9.17) is 4.74 Å². The van der Waals surface area contributed by atoms with E-state index in [0.29, 0.717) is 6.10 Å². The lowest BCUT2D eigenvalue weighted by Gasteiger charge is -2.12. The molecule has 158 valence electrons. The van der Waals surface area contributed by atoms with Crippen molar-refractivity contribution in [3.05, 3.63) is 66.4 Å². The van der Waals surface area contributed by atoms with E-state index in [-0.39, 0.29) is 5.75 Å². The van der Waals surface area contributed by atoms with Gasteiger partial charge in [0.25, 0.3) is 0 Å². The number of phenolic OH excluding ortho intramolecular Hbond substituents is 1. The fraction of sp³-hybridized carbons (Fsp3) is 0.370. The average molecular weight is 404 g/mol. The summed E-state index contributed by atoms with van der Waals surface area (Å²) >= 11 is 0. The number of benzene rings is 2. The van der Waals surface area contributed by atoms with Crippen molar-refractivity contribution in [3.8, 4) is 17.0 Å². The van der Waals surface area contributed by atoms with Gasteiger partial charge in [0.2, 0.25) is 0 Å². The van der Waals surface area contributed by atoms with Crippen molar-refractivity contribution >= 4 is 16.8 Å². The molecule has 1 heterocycles. The summed E-state index contributed by atoms with van der Waals surface area (Å²) in [7, 11) is 0. The van der Waals surface area contributed by atoms with Crippen LogP contribution in [0.4, 0.5) is 0 Å². The Bertz CT molecular complexity index is 947. The van der Waals surface area contributed by atoms with Gasteiger partial charge in [-0.1, -0.05) is 62.2 Å². The third-order valence-corrected chi connectivity index (χ3v) is 5.35. The Morgan fingerprint density at radius 2 is 1.83 bits per heavy atom. The number of allylic oxidation sites excluding steroid dienone is 1. The predicted octanol–water partition coefficient (Wildman–Crippen LogP) is 7.39. The Kier molecular flexibility index (Phi) is 8.46. The number of hydrogen-bond acceptors (Lipinski definition) is 3. The van der Waals surface area contributed by atoms with Gasteiger partial charge in [0.05, 0.1) is 11.8 Å². The summed E-state index contributed by atoms with van der Waals surface area (Å²) in [6.07, 6.45) is 13.6. The number of hydrogen-bond donors (Lipinski definition) is 1. The average Bonchev–Trinajstić information content (AvgIpc) is 2.76. The van der Waals surface area contributed by atoms with Crippen LogP contribution in [0.1, 0.15) is 57.9 Å². The minimum atomic E-state index is 0.266. The van der Waals surface area contributed by atoms with E-state index >= 15 is 0 Å². The van der Waals surface area contributed by atoms with Crippen molar-refractivity contribution in [2.75, 3.05) is 6.61 Å². The van der Waals surface area contributed by atoms with Crippen LogP contribution in [0.5, 0.6) is 5.75 Å². The molecular weight excluding hydrogens is 370 g/mol. The summed E-state index contributed by atoms with van der Waals surface area (Å²) in [5.74, 6) is 0.266. The summed E-state index contributed by atoms with van der Waals surface area (Å²) in [6.45, 7) is 5.29. The number of aromatic nitrogens is 1. The highest BCUT2D eigenvalue weighted by atomic mass is 16.5. The zero-order chi connectivity index (χ0) is 21.2. The molecule has 0 amide bonds. The third kappa shape index (κ3) is 6.70. The number of unbranched alkanes of at least 4 members (excludes halogenated alkanes) is 3. The molecule has 1 aromatic heterocycles. The lowest BCUT2D eigenvalue weighted by molar-refractivity contribution is 0.0566. The van der Waals surface area contributed by atoms with E-state index < -0.39 is 0 Å². The van der Waals surface area contributed by atoms with Crippen LogP contribution in [0.25, 0.3) is 28.1 Å². The molecule has 0 aliphatic heterocycles. The number of rotatable bonds is 11. The SMILES string of the molecule is CCCCCOC(C)CCCC=Cc1ccc(-c2cc3ccc(O)cc3cn2)cc1.